The number of esters is 1. The molecule has 0 aromatic carbocycles. The van der Waals surface area contributed by atoms with E-state index in [0.717, 1.165) is 12.2 Å². The number of ether oxygens (including phenoxy) is 2. The normalized spacial score (nSPS) is 24.4. The third kappa shape index (κ3) is 5.66. The van der Waals surface area contributed by atoms with Crippen molar-refractivity contribution in [2.24, 2.45) is 11.8 Å². The maximum absolute atomic E-state index is 12.1. The third-order valence-electron chi connectivity index (χ3n) is 6.11. The predicted octanol–water partition coefficient (Wildman–Crippen LogP) is 5.95. The highest BCUT2D eigenvalue weighted by atomic mass is 32.3. The Morgan fingerprint density at radius 1 is 1.19 bits per heavy atom. The van der Waals surface area contributed by atoms with Crippen LogP contribution in [0.25, 0.3) is 0 Å². The van der Waals surface area contributed by atoms with Crippen molar-refractivity contribution < 1.29 is 18.5 Å². The zero-order valence-corrected chi connectivity index (χ0v) is 19.4. The second kappa shape index (κ2) is 8.36. The lowest BCUT2D eigenvalue weighted by molar-refractivity contribution is -0.210. The molecule has 0 unspecified atom stereocenters. The Balaban J connectivity index is 2.36. The quantitative estimate of drug-likeness (QED) is 0.517. The van der Waals surface area contributed by atoms with Gasteiger partial charge in [-0.3, -0.25) is 0 Å². The summed E-state index contributed by atoms with van der Waals surface area (Å²) in [5, 5.41) is 0. The average Bonchev–Trinajstić information content (AvgIpc) is 2.52. The van der Waals surface area contributed by atoms with Gasteiger partial charge in [-0.2, -0.15) is 0 Å². The van der Waals surface area contributed by atoms with E-state index in [-0.39, 0.29) is 22.7 Å². The van der Waals surface area contributed by atoms with Gasteiger partial charge in [0.2, 0.25) is 5.79 Å². The van der Waals surface area contributed by atoms with E-state index in [1.165, 1.54) is 38.2 Å². The molecule has 0 radical (unpaired) electrons. The SMILES string of the molecule is CC[C@H](C1=CC(=O)OC(C)(C)O1)[C@H](OS(C)(C)C(C)(C)C)C1CCCCC1. The maximum Gasteiger partial charge on any atom is 0.337 e. The molecule has 0 saturated heterocycles. The Labute approximate surface area is 167 Å². The van der Waals surface area contributed by atoms with Crippen molar-refractivity contribution in [1.82, 2.24) is 0 Å². The van der Waals surface area contributed by atoms with Gasteiger partial charge in [0, 0.05) is 24.5 Å². The molecule has 0 aromatic rings. The molecule has 0 amide bonds. The summed E-state index contributed by atoms with van der Waals surface area (Å²) in [6.45, 7) is 12.5. The largest absolute Gasteiger partial charge is 0.456 e. The minimum Gasteiger partial charge on any atom is -0.456 e. The maximum atomic E-state index is 12.1. The second-order valence-corrected chi connectivity index (χ2v) is 13.7. The molecule has 0 bridgehead atoms. The molecule has 1 aliphatic heterocycles. The van der Waals surface area contributed by atoms with Crippen molar-refractivity contribution in [3.05, 3.63) is 11.8 Å². The summed E-state index contributed by atoms with van der Waals surface area (Å²) in [4.78, 5) is 12.1. The first-order valence-electron chi connectivity index (χ1n) is 10.4. The van der Waals surface area contributed by atoms with Crippen LogP contribution in [0.4, 0.5) is 0 Å². The van der Waals surface area contributed by atoms with Gasteiger partial charge < -0.3 is 13.7 Å². The van der Waals surface area contributed by atoms with Crippen molar-refractivity contribution in [3.63, 3.8) is 0 Å². The van der Waals surface area contributed by atoms with Crippen molar-refractivity contribution in [2.45, 2.75) is 96.7 Å². The molecule has 4 nitrogen and oxygen atoms in total. The molecule has 2 rings (SSSR count). The van der Waals surface area contributed by atoms with E-state index in [2.05, 4.69) is 40.2 Å². The fourth-order valence-electron chi connectivity index (χ4n) is 3.86. The molecule has 1 saturated carbocycles. The predicted molar refractivity (Wildman–Crippen MR) is 114 cm³/mol. The van der Waals surface area contributed by atoms with Gasteiger partial charge in [-0.1, -0.05) is 47.0 Å². The van der Waals surface area contributed by atoms with Gasteiger partial charge in [0.05, 0.1) is 12.2 Å². The Hall–Kier alpha value is -0.680. The van der Waals surface area contributed by atoms with Gasteiger partial charge in [0.25, 0.3) is 0 Å². The molecule has 1 heterocycles. The minimum atomic E-state index is -1.28. The molecular weight excluding hydrogens is 360 g/mol. The van der Waals surface area contributed by atoms with Gasteiger partial charge in [0.1, 0.15) is 5.76 Å². The van der Waals surface area contributed by atoms with E-state index in [0.29, 0.717) is 5.92 Å². The van der Waals surface area contributed by atoms with Crippen molar-refractivity contribution in [1.29, 1.82) is 0 Å². The van der Waals surface area contributed by atoms with E-state index >= 15 is 0 Å². The number of carbonyl (C=O) groups is 1. The highest BCUT2D eigenvalue weighted by Crippen LogP contribution is 2.57. The number of hydrogen-bond acceptors (Lipinski definition) is 4. The Bertz CT molecular complexity index is 553. The molecule has 0 aromatic heterocycles. The summed E-state index contributed by atoms with van der Waals surface area (Å²) in [6, 6.07) is 0. The van der Waals surface area contributed by atoms with Crippen molar-refractivity contribution in [2.75, 3.05) is 12.5 Å². The van der Waals surface area contributed by atoms with Crippen LogP contribution in [0.1, 0.15) is 80.1 Å². The first kappa shape index (κ1) is 22.6. The number of hydrogen-bond donors (Lipinski definition) is 0. The van der Waals surface area contributed by atoms with Crippen LogP contribution in [-0.2, 0) is 18.5 Å². The zero-order valence-electron chi connectivity index (χ0n) is 18.6. The van der Waals surface area contributed by atoms with E-state index < -0.39 is 16.1 Å². The van der Waals surface area contributed by atoms with Crippen LogP contribution in [0.2, 0.25) is 0 Å². The van der Waals surface area contributed by atoms with E-state index in [9.17, 15) is 4.79 Å². The Kier molecular flexibility index (Phi) is 7.00. The summed E-state index contributed by atoms with van der Waals surface area (Å²) in [5.74, 6) is 0.0960. The van der Waals surface area contributed by atoms with Crippen LogP contribution >= 0.6 is 10.3 Å². The standard InChI is InChI=1S/C22H40O4S/c1-9-17(18-15-19(23)25-22(5,6)24-18)20(16-13-11-10-12-14-16)26-27(7,8)21(2,3)4/h15-17,20H,9-14H2,1-8H3/t17-,20-/m1/s1. The molecule has 0 spiro atoms. The van der Waals surface area contributed by atoms with Crippen LogP contribution in [0, 0.1) is 11.8 Å². The lowest BCUT2D eigenvalue weighted by Gasteiger charge is -2.50. The van der Waals surface area contributed by atoms with Crippen LogP contribution in [0.5, 0.6) is 0 Å². The highest BCUT2D eigenvalue weighted by molar-refractivity contribution is 8.29. The highest BCUT2D eigenvalue weighted by Gasteiger charge is 2.42. The smallest absolute Gasteiger partial charge is 0.337 e. The molecule has 2 atom stereocenters. The Morgan fingerprint density at radius 2 is 1.78 bits per heavy atom. The summed E-state index contributed by atoms with van der Waals surface area (Å²) in [6.07, 6.45) is 13.3. The molecule has 2 aliphatic rings. The first-order chi connectivity index (χ1) is 12.4. The van der Waals surface area contributed by atoms with Gasteiger partial charge in [0.15, 0.2) is 0 Å². The summed E-state index contributed by atoms with van der Waals surface area (Å²) in [7, 11) is -1.28. The van der Waals surface area contributed by atoms with Gasteiger partial charge in [-0.25, -0.2) is 4.79 Å². The molecular formula is C22H40O4S. The number of cyclic esters (lactones) is 1. The molecule has 0 N–H and O–H groups in total. The summed E-state index contributed by atoms with van der Waals surface area (Å²) in [5.41, 5.74) is 0. The lowest BCUT2D eigenvalue weighted by Crippen LogP contribution is -2.42. The van der Waals surface area contributed by atoms with Crippen LogP contribution < -0.4 is 0 Å². The first-order valence-corrected chi connectivity index (χ1v) is 12.8. The minimum absolute atomic E-state index is 0.0764. The molecule has 5 heteroatoms. The van der Waals surface area contributed by atoms with Crippen molar-refractivity contribution in [3.8, 4) is 0 Å². The van der Waals surface area contributed by atoms with Crippen LogP contribution in [0.15, 0.2) is 11.8 Å². The number of carbonyl (C=O) groups excluding carboxylic acids is 1. The summed E-state index contributed by atoms with van der Waals surface area (Å²) >= 11 is 0. The topological polar surface area (TPSA) is 44.8 Å². The van der Waals surface area contributed by atoms with E-state index in [4.69, 9.17) is 13.7 Å². The van der Waals surface area contributed by atoms with Gasteiger partial charge >= 0.3 is 5.97 Å². The second-order valence-electron chi connectivity index (χ2n) is 9.79. The molecule has 158 valence electrons. The van der Waals surface area contributed by atoms with Gasteiger partial charge in [-0.15, -0.1) is 10.3 Å². The van der Waals surface area contributed by atoms with E-state index in [1.807, 2.05) is 0 Å². The molecule has 27 heavy (non-hydrogen) atoms. The average molecular weight is 401 g/mol. The third-order valence-corrected chi connectivity index (χ3v) is 9.77. The monoisotopic (exact) mass is 400 g/mol. The van der Waals surface area contributed by atoms with E-state index in [1.54, 1.807) is 13.8 Å². The lowest BCUT2D eigenvalue weighted by atomic mass is 9.78. The fourth-order valence-corrected chi connectivity index (χ4v) is 4.99. The van der Waals surface area contributed by atoms with Crippen LogP contribution in [0.3, 0.4) is 0 Å². The van der Waals surface area contributed by atoms with Crippen molar-refractivity contribution >= 4 is 16.3 Å². The fraction of sp³-hybridized carbons (Fsp3) is 0.864. The molecule has 1 aliphatic carbocycles. The van der Waals surface area contributed by atoms with Gasteiger partial charge in [-0.05, 0) is 37.7 Å². The number of rotatable bonds is 6. The Morgan fingerprint density at radius 3 is 2.26 bits per heavy atom. The van der Waals surface area contributed by atoms with Crippen LogP contribution in [-0.4, -0.2) is 35.1 Å². The zero-order chi connectivity index (χ0) is 20.5. The summed E-state index contributed by atoms with van der Waals surface area (Å²) < 4.78 is 18.5. The molecule has 1 fully saturated rings.